The first-order valence-corrected chi connectivity index (χ1v) is 9.46. The third-order valence-electron chi connectivity index (χ3n) is 4.25. The molecule has 0 aliphatic heterocycles. The first-order valence-electron chi connectivity index (χ1n) is 9.46. The van der Waals surface area contributed by atoms with Crippen molar-refractivity contribution in [1.29, 1.82) is 0 Å². The van der Waals surface area contributed by atoms with Gasteiger partial charge in [-0.1, -0.05) is 29.5 Å². The number of phenols is 1. The van der Waals surface area contributed by atoms with Crippen LogP contribution in [-0.2, 0) is 0 Å². The summed E-state index contributed by atoms with van der Waals surface area (Å²) in [6.45, 7) is 2.34. The highest BCUT2D eigenvalue weighted by atomic mass is 16.6. The quantitative estimate of drug-likeness (QED) is 0.290. The van der Waals surface area contributed by atoms with E-state index >= 15 is 0 Å². The van der Waals surface area contributed by atoms with Crippen LogP contribution < -0.4 is 15.9 Å². The highest BCUT2D eigenvalue weighted by Crippen LogP contribution is 2.29. The summed E-state index contributed by atoms with van der Waals surface area (Å²) in [6.07, 6.45) is 1.39. The van der Waals surface area contributed by atoms with E-state index in [4.69, 9.17) is 10.5 Å². The second-order valence-corrected chi connectivity index (χ2v) is 6.43. The second kappa shape index (κ2) is 8.95. The number of carbonyl (C=O) groups is 1. The lowest BCUT2D eigenvalue weighted by atomic mass is 10.1. The molecule has 0 spiro atoms. The third kappa shape index (κ3) is 4.23. The molecule has 2 aromatic carbocycles. The molecule has 4 rings (SSSR count). The summed E-state index contributed by atoms with van der Waals surface area (Å²) < 4.78 is 11.5. The number of nitrogens with zero attached hydrogens (tertiary/aromatic N) is 6. The second-order valence-electron chi connectivity index (χ2n) is 6.43. The van der Waals surface area contributed by atoms with Gasteiger partial charge in [-0.2, -0.15) is 9.78 Å². The Hall–Kier alpha value is -4.74. The molecule has 1 amide bonds. The fourth-order valence-corrected chi connectivity index (χ4v) is 2.90. The van der Waals surface area contributed by atoms with Crippen LogP contribution in [0.2, 0.25) is 0 Å². The van der Waals surface area contributed by atoms with Gasteiger partial charge in [0.05, 0.1) is 12.8 Å². The van der Waals surface area contributed by atoms with E-state index in [1.807, 2.05) is 6.92 Å². The van der Waals surface area contributed by atoms with Gasteiger partial charge in [-0.15, -0.1) is 5.10 Å². The van der Waals surface area contributed by atoms with E-state index in [0.29, 0.717) is 29.2 Å². The molecule has 0 aliphatic rings. The molecular formula is C20H18N8O4. The zero-order valence-electron chi connectivity index (χ0n) is 16.8. The maximum atomic E-state index is 12.9. The molecular weight excluding hydrogens is 416 g/mol. The minimum atomic E-state index is -0.625. The normalized spacial score (nSPS) is 11.0. The van der Waals surface area contributed by atoms with E-state index in [2.05, 4.69) is 35.8 Å². The van der Waals surface area contributed by atoms with Gasteiger partial charge in [-0.25, -0.2) is 10.1 Å². The van der Waals surface area contributed by atoms with E-state index in [-0.39, 0.29) is 23.1 Å². The Labute approximate surface area is 181 Å². The van der Waals surface area contributed by atoms with E-state index in [9.17, 15) is 9.90 Å². The van der Waals surface area contributed by atoms with Crippen molar-refractivity contribution in [1.82, 2.24) is 30.7 Å². The third-order valence-corrected chi connectivity index (χ3v) is 4.25. The predicted molar refractivity (Wildman–Crippen MR) is 113 cm³/mol. The number of hydrogen-bond acceptors (Lipinski definition) is 10. The Morgan fingerprint density at radius 2 is 2.12 bits per heavy atom. The molecule has 0 radical (unpaired) electrons. The van der Waals surface area contributed by atoms with E-state index in [0.717, 1.165) is 0 Å². The van der Waals surface area contributed by atoms with Gasteiger partial charge in [0.25, 0.3) is 5.91 Å². The summed E-state index contributed by atoms with van der Waals surface area (Å²) in [4.78, 5) is 12.9. The monoisotopic (exact) mass is 434 g/mol. The summed E-state index contributed by atoms with van der Waals surface area (Å²) in [5, 5.41) is 28.7. The van der Waals surface area contributed by atoms with E-state index in [1.165, 1.54) is 23.0 Å². The molecule has 0 saturated carbocycles. The van der Waals surface area contributed by atoms with Crippen LogP contribution in [0.1, 0.15) is 23.0 Å². The number of phenolic OH excluding ortho intramolecular Hbond substituents is 1. The average Bonchev–Trinajstić information content (AvgIpc) is 3.40. The number of hydrazone groups is 1. The summed E-state index contributed by atoms with van der Waals surface area (Å²) in [5.74, 6) is 0.109. The largest absolute Gasteiger partial charge is 0.508 e. The first-order chi connectivity index (χ1) is 15.6. The van der Waals surface area contributed by atoms with Crippen molar-refractivity contribution in [2.24, 2.45) is 5.10 Å². The summed E-state index contributed by atoms with van der Waals surface area (Å²) in [6, 6.07) is 13.4. The highest BCUT2D eigenvalue weighted by Gasteiger charge is 2.25. The molecule has 0 aliphatic carbocycles. The molecule has 12 heteroatoms. The summed E-state index contributed by atoms with van der Waals surface area (Å²) in [5.41, 5.74) is 9.64. The van der Waals surface area contributed by atoms with Crippen molar-refractivity contribution in [2.45, 2.75) is 6.92 Å². The van der Waals surface area contributed by atoms with Crippen LogP contribution in [0.5, 0.6) is 11.5 Å². The van der Waals surface area contributed by atoms with Gasteiger partial charge in [0, 0.05) is 5.56 Å². The lowest BCUT2D eigenvalue weighted by Gasteiger charge is -2.08. The molecule has 2 heterocycles. The molecule has 4 aromatic rings. The van der Waals surface area contributed by atoms with Gasteiger partial charge in [-0.05, 0) is 47.1 Å². The number of benzene rings is 2. The van der Waals surface area contributed by atoms with Crippen LogP contribution >= 0.6 is 0 Å². The molecule has 0 fully saturated rings. The summed E-state index contributed by atoms with van der Waals surface area (Å²) in [7, 11) is 0. The number of nitrogens with two attached hydrogens (primary N) is 1. The zero-order chi connectivity index (χ0) is 22.5. The maximum Gasteiger partial charge on any atom is 0.294 e. The Morgan fingerprint density at radius 3 is 2.88 bits per heavy atom. The molecule has 12 nitrogen and oxygen atoms in total. The Balaban J connectivity index is 1.70. The van der Waals surface area contributed by atoms with Crippen LogP contribution in [0, 0.1) is 0 Å². The number of ether oxygens (including phenoxy) is 1. The Kier molecular flexibility index (Phi) is 5.74. The van der Waals surface area contributed by atoms with Gasteiger partial charge in [0.15, 0.2) is 5.69 Å². The predicted octanol–water partition coefficient (Wildman–Crippen LogP) is 1.77. The average molecular weight is 434 g/mol. The van der Waals surface area contributed by atoms with Crippen molar-refractivity contribution in [3.05, 3.63) is 59.8 Å². The lowest BCUT2D eigenvalue weighted by Crippen LogP contribution is -2.19. The summed E-state index contributed by atoms with van der Waals surface area (Å²) >= 11 is 0. The minimum Gasteiger partial charge on any atom is -0.508 e. The van der Waals surface area contributed by atoms with Crippen molar-refractivity contribution in [2.75, 3.05) is 12.3 Å². The molecule has 0 atom stereocenters. The van der Waals surface area contributed by atoms with Crippen molar-refractivity contribution < 1.29 is 19.3 Å². The van der Waals surface area contributed by atoms with Crippen molar-refractivity contribution >= 4 is 17.9 Å². The Morgan fingerprint density at radius 1 is 1.28 bits per heavy atom. The number of nitrogen functional groups attached to an aromatic ring is 1. The number of carbonyl (C=O) groups excluding carboxylic acids is 1. The Bertz CT molecular complexity index is 1280. The topological polar surface area (TPSA) is 167 Å². The first kappa shape index (κ1) is 20.5. The van der Waals surface area contributed by atoms with Crippen molar-refractivity contribution in [3.8, 4) is 28.6 Å². The molecule has 162 valence electrons. The smallest absolute Gasteiger partial charge is 0.294 e. The van der Waals surface area contributed by atoms with Crippen LogP contribution in [-0.4, -0.2) is 49.1 Å². The molecule has 0 saturated heterocycles. The SMILES string of the molecule is CCOc1cccc(-c2c(C(=O)N/N=C\c3cccc(O)c3)nnn2-c2nonc2N)c1. The van der Waals surface area contributed by atoms with Gasteiger partial charge in [0.1, 0.15) is 17.2 Å². The van der Waals surface area contributed by atoms with Gasteiger partial charge in [-0.3, -0.25) is 4.79 Å². The lowest BCUT2D eigenvalue weighted by molar-refractivity contribution is 0.0950. The van der Waals surface area contributed by atoms with Gasteiger partial charge >= 0.3 is 0 Å². The number of aromatic hydroxyl groups is 1. The molecule has 4 N–H and O–H groups in total. The van der Waals surface area contributed by atoms with Crippen LogP contribution in [0.3, 0.4) is 0 Å². The fourth-order valence-electron chi connectivity index (χ4n) is 2.90. The molecule has 2 aromatic heterocycles. The zero-order valence-corrected chi connectivity index (χ0v) is 16.8. The number of hydrogen-bond donors (Lipinski definition) is 3. The number of nitrogens with one attached hydrogen (secondary N) is 1. The fraction of sp³-hybridized carbons (Fsp3) is 0.100. The number of amides is 1. The minimum absolute atomic E-state index is 0.0222. The highest BCUT2D eigenvalue weighted by molar-refractivity contribution is 5.99. The maximum absolute atomic E-state index is 12.9. The number of anilines is 1. The van der Waals surface area contributed by atoms with Crippen molar-refractivity contribution in [3.63, 3.8) is 0 Å². The number of aromatic nitrogens is 5. The van der Waals surface area contributed by atoms with Gasteiger partial charge < -0.3 is 15.6 Å². The van der Waals surface area contributed by atoms with E-state index in [1.54, 1.807) is 36.4 Å². The molecule has 0 unspecified atom stereocenters. The van der Waals surface area contributed by atoms with Crippen LogP contribution in [0.4, 0.5) is 5.82 Å². The number of rotatable bonds is 7. The van der Waals surface area contributed by atoms with Gasteiger partial charge in [0.2, 0.25) is 11.6 Å². The van der Waals surface area contributed by atoms with E-state index < -0.39 is 5.91 Å². The molecule has 32 heavy (non-hydrogen) atoms. The van der Waals surface area contributed by atoms with Crippen LogP contribution in [0.15, 0.2) is 58.3 Å². The molecule has 0 bridgehead atoms. The standard InChI is InChI=1S/C20H18N8O4/c1-2-31-15-8-4-6-13(10-15)17-16(23-27-28(17)19-18(21)25-32-26-19)20(30)24-22-11-12-5-3-7-14(29)9-12/h3-11,29H,2H2,1H3,(H2,21,25)(H,24,30)/b22-11-. The van der Waals surface area contributed by atoms with Crippen LogP contribution in [0.25, 0.3) is 17.1 Å².